The molecule has 0 saturated carbocycles. The Labute approximate surface area is 322 Å². The van der Waals surface area contributed by atoms with Gasteiger partial charge in [0.05, 0.1) is 30.9 Å². The Bertz CT molecular complexity index is 1890. The van der Waals surface area contributed by atoms with Gasteiger partial charge in [-0.2, -0.15) is 18.4 Å². The number of carbonyl (C=O) groups excluding carboxylic acids is 3. The van der Waals surface area contributed by atoms with Crippen LogP contribution < -0.4 is 26.0 Å². The van der Waals surface area contributed by atoms with E-state index in [1.807, 2.05) is 78.9 Å². The number of nitrogens with zero attached hydrogens (tertiary/aromatic N) is 1. The molecule has 4 N–H and O–H groups in total. The van der Waals surface area contributed by atoms with Crippen LogP contribution >= 0.6 is 0 Å². The zero-order valence-electron chi connectivity index (χ0n) is 30.5. The van der Waals surface area contributed by atoms with Gasteiger partial charge in [0.25, 0.3) is 0 Å². The number of nitrogens with one attached hydrogen (secondary N) is 4. The highest BCUT2D eigenvalue weighted by molar-refractivity contribution is 5.98. The molecule has 5 rings (SSSR count). The van der Waals surface area contributed by atoms with Crippen LogP contribution in [0.25, 0.3) is 0 Å². The zero-order valence-corrected chi connectivity index (χ0v) is 30.5. The molecule has 3 amide bonds. The maximum atomic E-state index is 14.2. The number of hydrogen-bond donors (Lipinski definition) is 4. The third kappa shape index (κ3) is 12.2. The van der Waals surface area contributed by atoms with Crippen molar-refractivity contribution >= 4 is 23.8 Å². The lowest BCUT2D eigenvalue weighted by molar-refractivity contribution is -0.124. The summed E-state index contributed by atoms with van der Waals surface area (Å²) in [4.78, 5) is 38.8. The fraction of sp³-hybridized carbons (Fsp3) is 0.317. The molecule has 1 saturated heterocycles. The predicted molar refractivity (Wildman–Crippen MR) is 200 cm³/mol. The number of methoxy groups -OCH3 is 1. The average Bonchev–Trinajstić information content (AvgIpc) is 3.21. The number of morpholine rings is 1. The summed E-state index contributed by atoms with van der Waals surface area (Å²) in [6.45, 7) is -1.50. The summed E-state index contributed by atoms with van der Waals surface area (Å²) in [5.74, 6) is -0.552. The van der Waals surface area contributed by atoms with Gasteiger partial charge in [-0.15, -0.1) is 0 Å². The number of para-hydroxylation sites is 1. The number of rotatable bonds is 15. The molecule has 15 heteroatoms. The number of hydrogen-bond acceptors (Lipinski definition) is 9. The molecule has 1 fully saturated rings. The van der Waals surface area contributed by atoms with Gasteiger partial charge in [0.1, 0.15) is 37.7 Å². The van der Waals surface area contributed by atoms with Crippen LogP contribution in [-0.4, -0.2) is 82.0 Å². The predicted octanol–water partition coefficient (Wildman–Crippen LogP) is 6.08. The second-order valence-electron chi connectivity index (χ2n) is 12.9. The molecule has 1 aliphatic rings. The summed E-state index contributed by atoms with van der Waals surface area (Å²) in [5, 5.41) is 19.8. The monoisotopic (exact) mass is 773 g/mol. The van der Waals surface area contributed by atoms with E-state index in [0.29, 0.717) is 36.4 Å². The van der Waals surface area contributed by atoms with Crippen molar-refractivity contribution in [1.29, 1.82) is 5.26 Å². The molecule has 12 nitrogen and oxygen atoms in total. The van der Waals surface area contributed by atoms with E-state index < -0.39 is 54.9 Å². The van der Waals surface area contributed by atoms with Gasteiger partial charge < -0.3 is 40.2 Å². The van der Waals surface area contributed by atoms with Gasteiger partial charge >= 0.3 is 18.4 Å². The van der Waals surface area contributed by atoms with E-state index in [1.54, 1.807) is 41.7 Å². The number of alkyl carbamates (subject to hydrolysis) is 2. The van der Waals surface area contributed by atoms with E-state index in [2.05, 4.69) is 16.0 Å². The minimum atomic E-state index is -4.59. The van der Waals surface area contributed by atoms with Gasteiger partial charge in [0, 0.05) is 18.2 Å². The van der Waals surface area contributed by atoms with E-state index in [0.717, 1.165) is 16.7 Å². The van der Waals surface area contributed by atoms with Crippen molar-refractivity contribution in [3.05, 3.63) is 131 Å². The summed E-state index contributed by atoms with van der Waals surface area (Å²) >= 11 is 0. The van der Waals surface area contributed by atoms with Gasteiger partial charge in [-0.3, -0.25) is 4.79 Å². The van der Waals surface area contributed by atoms with Gasteiger partial charge in [-0.25, -0.2) is 9.59 Å². The topological polar surface area (TPSA) is 160 Å². The number of amides is 3. The highest BCUT2D eigenvalue weighted by Gasteiger charge is 2.35. The van der Waals surface area contributed by atoms with E-state index in [9.17, 15) is 27.6 Å². The first-order valence-corrected chi connectivity index (χ1v) is 17.8. The van der Waals surface area contributed by atoms with Crippen molar-refractivity contribution in [3.8, 4) is 11.8 Å². The Morgan fingerprint density at radius 3 is 2.16 bits per heavy atom. The van der Waals surface area contributed by atoms with E-state index in [-0.39, 0.29) is 19.3 Å². The quantitative estimate of drug-likeness (QED) is 0.112. The lowest BCUT2D eigenvalue weighted by Crippen LogP contribution is -2.57. The fourth-order valence-corrected chi connectivity index (χ4v) is 6.26. The molecule has 1 unspecified atom stereocenters. The van der Waals surface area contributed by atoms with E-state index >= 15 is 0 Å². The number of alkyl halides is 3. The van der Waals surface area contributed by atoms with Crippen molar-refractivity contribution < 1.29 is 46.5 Å². The number of benzene rings is 4. The molecule has 294 valence electrons. The maximum absolute atomic E-state index is 14.2. The summed E-state index contributed by atoms with van der Waals surface area (Å²) in [7, 11) is 1.23. The van der Waals surface area contributed by atoms with Crippen LogP contribution in [0.1, 0.15) is 34.6 Å². The smallest absolute Gasteiger partial charge is 0.407 e. The van der Waals surface area contributed by atoms with Crippen LogP contribution in [-0.2, 0) is 25.4 Å². The van der Waals surface area contributed by atoms with Crippen molar-refractivity contribution in [2.24, 2.45) is 0 Å². The maximum Gasteiger partial charge on any atom is 0.407 e. The molecule has 1 aliphatic heterocycles. The van der Waals surface area contributed by atoms with Crippen LogP contribution in [0.5, 0.6) is 5.75 Å². The number of anilines is 1. The third-order valence-electron chi connectivity index (χ3n) is 9.05. The van der Waals surface area contributed by atoms with Gasteiger partial charge in [0.15, 0.2) is 0 Å². The van der Waals surface area contributed by atoms with E-state index in [4.69, 9.17) is 24.2 Å². The largest absolute Gasteiger partial charge is 0.491 e. The lowest BCUT2D eigenvalue weighted by atomic mass is 9.84. The number of carbonyl (C=O) groups is 3. The first kappa shape index (κ1) is 41.1. The highest BCUT2D eigenvalue weighted by atomic mass is 19.4. The molecule has 1 heterocycles. The SMILES string of the molecule is COC(=O)NC(C(=O)Nc1ccccc1CC[C@@H]1CN[C@H](COC(=O)NCC(F)(F)F)[C@@H](COc2ccc(C#N)cc2)O1)C(c1ccccc1)c1ccccc1. The second kappa shape index (κ2) is 20.0. The lowest BCUT2D eigenvalue weighted by Gasteiger charge is -2.37. The van der Waals surface area contributed by atoms with Crippen LogP contribution in [0, 0.1) is 11.3 Å². The van der Waals surface area contributed by atoms with Gasteiger partial charge in [-0.1, -0.05) is 78.9 Å². The normalized spacial score (nSPS) is 17.2. The molecule has 0 bridgehead atoms. The van der Waals surface area contributed by atoms with Gasteiger partial charge in [-0.05, 0) is 59.9 Å². The summed E-state index contributed by atoms with van der Waals surface area (Å²) in [5.41, 5.74) is 3.41. The Morgan fingerprint density at radius 2 is 1.54 bits per heavy atom. The first-order chi connectivity index (χ1) is 27.0. The molecule has 0 aromatic heterocycles. The second-order valence-corrected chi connectivity index (χ2v) is 12.9. The minimum Gasteiger partial charge on any atom is -0.491 e. The molecule has 4 atom stereocenters. The fourth-order valence-electron chi connectivity index (χ4n) is 6.26. The number of nitriles is 1. The van der Waals surface area contributed by atoms with Crippen molar-refractivity contribution in [3.63, 3.8) is 0 Å². The summed E-state index contributed by atoms with van der Waals surface area (Å²) in [6, 6.07) is 32.9. The van der Waals surface area contributed by atoms with Crippen molar-refractivity contribution in [2.75, 3.05) is 38.7 Å². The summed E-state index contributed by atoms with van der Waals surface area (Å²) in [6.07, 6.45) is -6.70. The Kier molecular flexibility index (Phi) is 14.7. The van der Waals surface area contributed by atoms with Crippen LogP contribution in [0.15, 0.2) is 109 Å². The molecule has 0 radical (unpaired) electrons. The molecule has 0 aliphatic carbocycles. The van der Waals surface area contributed by atoms with Gasteiger partial charge in [0.2, 0.25) is 5.91 Å². The Morgan fingerprint density at radius 1 is 0.893 bits per heavy atom. The van der Waals surface area contributed by atoms with Crippen LogP contribution in [0.3, 0.4) is 0 Å². The Balaban J connectivity index is 1.28. The molecule has 56 heavy (non-hydrogen) atoms. The van der Waals surface area contributed by atoms with Crippen molar-refractivity contribution in [1.82, 2.24) is 16.0 Å². The van der Waals surface area contributed by atoms with Crippen molar-refractivity contribution in [2.45, 2.75) is 49.2 Å². The third-order valence-corrected chi connectivity index (χ3v) is 9.05. The standard InChI is InChI=1S/C41H42F3N5O7/c1-53-40(52)49-37(36(29-11-4-2-5-12-29)30-13-6-3-7-14-30)38(50)48-33-15-9-8-10-28(33)18-21-32-23-46-34(24-55-39(51)47-26-41(42,43)44)35(56-32)25-54-31-19-16-27(22-45)17-20-31/h2-17,19-20,32,34-37,46H,18,21,23-26H2,1H3,(H,47,51)(H,48,50)(H,49,52)/t32-,34-,35-,37?/m1/s1. The van der Waals surface area contributed by atoms with E-state index in [1.165, 1.54) is 7.11 Å². The highest BCUT2D eigenvalue weighted by Crippen LogP contribution is 2.30. The summed E-state index contributed by atoms with van der Waals surface area (Å²) < 4.78 is 60.1. The molecule has 0 spiro atoms. The molecular formula is C41H42F3N5O7. The Hall–Kier alpha value is -6.11. The number of aryl methyl sites for hydroxylation is 1. The number of halogens is 3. The first-order valence-electron chi connectivity index (χ1n) is 17.8. The van der Waals surface area contributed by atoms with Crippen LogP contribution in [0.2, 0.25) is 0 Å². The van der Waals surface area contributed by atoms with Crippen LogP contribution in [0.4, 0.5) is 28.4 Å². The zero-order chi connectivity index (χ0) is 39.9. The number of ether oxygens (including phenoxy) is 4. The molecule has 4 aromatic carbocycles. The molecule has 4 aromatic rings. The average molecular weight is 774 g/mol. The minimum absolute atomic E-state index is 0.00117. The molecular weight excluding hydrogens is 731 g/mol.